The molecule has 0 saturated carbocycles. The summed E-state index contributed by atoms with van der Waals surface area (Å²) in [6.45, 7) is 6.43. The second-order valence-corrected chi connectivity index (χ2v) is 5.56. The first kappa shape index (κ1) is 12.4. The third-order valence-corrected chi connectivity index (χ3v) is 3.45. The smallest absolute Gasteiger partial charge is 0.0705 e. The Kier molecular flexibility index (Phi) is 3.68. The minimum Gasteiger partial charge on any atom is -0.252 e. The van der Waals surface area contributed by atoms with E-state index in [1.807, 2.05) is 19.1 Å². The van der Waals surface area contributed by atoms with E-state index in [4.69, 9.17) is 16.6 Å². The number of nitrogens with zero attached hydrogens (tertiary/aromatic N) is 1. The standard InChI is InChI=1S/C15H18ClN/c1-10(2)15(11(3)16)14-9-8-12-6-4-5-7-13(12)17-14/h4-11,15H,1-3H3. The molecule has 2 atom stereocenters. The zero-order chi connectivity index (χ0) is 12.4. The molecular formula is C15H18ClN. The number of pyridine rings is 1. The van der Waals surface area contributed by atoms with Crippen LogP contribution < -0.4 is 0 Å². The van der Waals surface area contributed by atoms with Gasteiger partial charge in [0.15, 0.2) is 0 Å². The lowest BCUT2D eigenvalue weighted by atomic mass is 9.89. The number of hydrogen-bond acceptors (Lipinski definition) is 1. The van der Waals surface area contributed by atoms with Crippen LogP contribution in [0.15, 0.2) is 36.4 Å². The Morgan fingerprint density at radius 3 is 2.35 bits per heavy atom. The summed E-state index contributed by atoms with van der Waals surface area (Å²) in [4.78, 5) is 4.73. The second kappa shape index (κ2) is 5.05. The molecule has 1 aromatic carbocycles. The normalized spacial score (nSPS) is 15.1. The summed E-state index contributed by atoms with van der Waals surface area (Å²) >= 11 is 6.28. The fourth-order valence-electron chi connectivity index (χ4n) is 2.37. The van der Waals surface area contributed by atoms with Crippen LogP contribution >= 0.6 is 11.6 Å². The maximum absolute atomic E-state index is 6.28. The molecule has 2 rings (SSSR count). The van der Waals surface area contributed by atoms with E-state index in [9.17, 15) is 0 Å². The molecule has 0 amide bonds. The molecule has 90 valence electrons. The van der Waals surface area contributed by atoms with Crippen LogP contribution in [0.4, 0.5) is 0 Å². The first-order valence-electron chi connectivity index (χ1n) is 6.09. The first-order chi connectivity index (χ1) is 8.09. The second-order valence-electron chi connectivity index (χ2n) is 4.88. The molecule has 1 heterocycles. The Morgan fingerprint density at radius 1 is 1.00 bits per heavy atom. The average Bonchev–Trinajstić information content (AvgIpc) is 2.28. The van der Waals surface area contributed by atoms with Crippen LogP contribution in [-0.4, -0.2) is 10.4 Å². The number of alkyl halides is 1. The van der Waals surface area contributed by atoms with Crippen molar-refractivity contribution in [2.24, 2.45) is 5.92 Å². The number of rotatable bonds is 3. The van der Waals surface area contributed by atoms with Crippen LogP contribution in [0.5, 0.6) is 0 Å². The van der Waals surface area contributed by atoms with Crippen LogP contribution in [0.3, 0.4) is 0 Å². The van der Waals surface area contributed by atoms with E-state index >= 15 is 0 Å². The van der Waals surface area contributed by atoms with Gasteiger partial charge in [0.05, 0.1) is 5.52 Å². The molecule has 0 spiro atoms. The maximum Gasteiger partial charge on any atom is 0.0705 e. The van der Waals surface area contributed by atoms with Crippen molar-refractivity contribution in [3.8, 4) is 0 Å². The SMILES string of the molecule is CC(C)C(c1ccc2ccccc2n1)C(C)Cl. The Balaban J connectivity index is 2.47. The number of benzene rings is 1. The van der Waals surface area contributed by atoms with Crippen LogP contribution in [0.2, 0.25) is 0 Å². The van der Waals surface area contributed by atoms with E-state index in [1.165, 1.54) is 5.39 Å². The maximum atomic E-state index is 6.28. The van der Waals surface area contributed by atoms with Gasteiger partial charge in [-0.15, -0.1) is 11.6 Å². The Bertz CT molecular complexity index is 497. The summed E-state index contributed by atoms with van der Waals surface area (Å²) in [6, 6.07) is 12.4. The predicted octanol–water partition coefficient (Wildman–Crippen LogP) is 4.60. The van der Waals surface area contributed by atoms with E-state index in [2.05, 4.69) is 38.1 Å². The number of halogens is 1. The molecule has 0 bridgehead atoms. The number of hydrogen-bond donors (Lipinski definition) is 0. The molecule has 0 aliphatic rings. The van der Waals surface area contributed by atoms with Crippen molar-refractivity contribution in [1.82, 2.24) is 4.98 Å². The van der Waals surface area contributed by atoms with Crippen LogP contribution in [-0.2, 0) is 0 Å². The molecule has 0 saturated heterocycles. The highest BCUT2D eigenvalue weighted by Gasteiger charge is 2.22. The predicted molar refractivity (Wildman–Crippen MR) is 74.6 cm³/mol. The van der Waals surface area contributed by atoms with Crippen molar-refractivity contribution in [3.05, 3.63) is 42.1 Å². The lowest BCUT2D eigenvalue weighted by Crippen LogP contribution is -2.17. The highest BCUT2D eigenvalue weighted by atomic mass is 35.5. The van der Waals surface area contributed by atoms with Gasteiger partial charge >= 0.3 is 0 Å². The van der Waals surface area contributed by atoms with Gasteiger partial charge in [0, 0.05) is 22.4 Å². The molecule has 1 nitrogen and oxygen atoms in total. The Hall–Kier alpha value is -1.08. The summed E-state index contributed by atoms with van der Waals surface area (Å²) < 4.78 is 0. The van der Waals surface area contributed by atoms with Gasteiger partial charge in [-0.25, -0.2) is 0 Å². The molecule has 1 aromatic heterocycles. The van der Waals surface area contributed by atoms with E-state index in [0.717, 1.165) is 11.2 Å². The molecule has 2 unspecified atom stereocenters. The van der Waals surface area contributed by atoms with Gasteiger partial charge in [-0.3, -0.25) is 4.98 Å². The Morgan fingerprint density at radius 2 is 1.71 bits per heavy atom. The largest absolute Gasteiger partial charge is 0.252 e. The summed E-state index contributed by atoms with van der Waals surface area (Å²) in [6.07, 6.45) is 0. The molecule has 0 aliphatic carbocycles. The minimum absolute atomic E-state index is 0.101. The Labute approximate surface area is 108 Å². The zero-order valence-corrected chi connectivity index (χ0v) is 11.3. The number of fused-ring (bicyclic) bond motifs is 1. The monoisotopic (exact) mass is 247 g/mol. The minimum atomic E-state index is 0.101. The topological polar surface area (TPSA) is 12.9 Å². The van der Waals surface area contributed by atoms with Gasteiger partial charge in [-0.05, 0) is 25.0 Å². The highest BCUT2D eigenvalue weighted by molar-refractivity contribution is 6.20. The molecule has 0 aliphatic heterocycles. The number of para-hydroxylation sites is 1. The van der Waals surface area contributed by atoms with E-state index in [1.54, 1.807) is 0 Å². The zero-order valence-electron chi connectivity index (χ0n) is 10.5. The van der Waals surface area contributed by atoms with Gasteiger partial charge in [0.1, 0.15) is 0 Å². The quantitative estimate of drug-likeness (QED) is 0.723. The van der Waals surface area contributed by atoms with Gasteiger partial charge < -0.3 is 0 Å². The van der Waals surface area contributed by atoms with Crippen LogP contribution in [0.25, 0.3) is 10.9 Å². The molecular weight excluding hydrogens is 230 g/mol. The molecule has 0 N–H and O–H groups in total. The summed E-state index contributed by atoms with van der Waals surface area (Å²) in [5, 5.41) is 1.28. The molecule has 0 fully saturated rings. The van der Waals surface area contributed by atoms with E-state index < -0.39 is 0 Å². The molecule has 2 heteroatoms. The third-order valence-electron chi connectivity index (χ3n) is 3.17. The van der Waals surface area contributed by atoms with E-state index in [0.29, 0.717) is 11.8 Å². The fourth-order valence-corrected chi connectivity index (χ4v) is 2.79. The summed E-state index contributed by atoms with van der Waals surface area (Å²) in [7, 11) is 0. The van der Waals surface area contributed by atoms with Crippen molar-refractivity contribution in [1.29, 1.82) is 0 Å². The lowest BCUT2D eigenvalue weighted by molar-refractivity contribution is 0.481. The summed E-state index contributed by atoms with van der Waals surface area (Å²) in [5.74, 6) is 0.803. The van der Waals surface area contributed by atoms with Crippen molar-refractivity contribution in [3.63, 3.8) is 0 Å². The van der Waals surface area contributed by atoms with Crippen molar-refractivity contribution in [2.75, 3.05) is 0 Å². The van der Waals surface area contributed by atoms with Gasteiger partial charge in [0.25, 0.3) is 0 Å². The first-order valence-corrected chi connectivity index (χ1v) is 6.53. The van der Waals surface area contributed by atoms with Crippen LogP contribution in [0, 0.1) is 5.92 Å². The number of aromatic nitrogens is 1. The van der Waals surface area contributed by atoms with E-state index in [-0.39, 0.29) is 5.38 Å². The van der Waals surface area contributed by atoms with Crippen molar-refractivity contribution < 1.29 is 0 Å². The highest BCUT2D eigenvalue weighted by Crippen LogP contribution is 2.30. The van der Waals surface area contributed by atoms with Crippen molar-refractivity contribution >= 4 is 22.5 Å². The van der Waals surface area contributed by atoms with Gasteiger partial charge in [-0.2, -0.15) is 0 Å². The van der Waals surface area contributed by atoms with Crippen LogP contribution in [0.1, 0.15) is 32.4 Å². The van der Waals surface area contributed by atoms with Crippen molar-refractivity contribution in [2.45, 2.75) is 32.1 Å². The molecule has 2 aromatic rings. The average molecular weight is 248 g/mol. The fraction of sp³-hybridized carbons (Fsp3) is 0.400. The van der Waals surface area contributed by atoms with Gasteiger partial charge in [-0.1, -0.05) is 38.1 Å². The summed E-state index contributed by atoms with van der Waals surface area (Å²) in [5.41, 5.74) is 2.15. The molecule has 17 heavy (non-hydrogen) atoms. The lowest BCUT2D eigenvalue weighted by Gasteiger charge is -2.23. The third kappa shape index (κ3) is 2.61. The van der Waals surface area contributed by atoms with Gasteiger partial charge in [0.2, 0.25) is 0 Å². The molecule has 0 radical (unpaired) electrons.